The molecule has 1 aliphatic heterocycles. The molecule has 1 saturated heterocycles. The van der Waals surface area contributed by atoms with Gasteiger partial charge in [-0.1, -0.05) is 19.3 Å². The lowest BCUT2D eigenvalue weighted by Crippen LogP contribution is -2.51. The van der Waals surface area contributed by atoms with Crippen LogP contribution in [-0.2, 0) is 4.79 Å². The maximum Gasteiger partial charge on any atom is 0.236 e. The van der Waals surface area contributed by atoms with E-state index in [1.54, 1.807) is 0 Å². The second-order valence-electron chi connectivity index (χ2n) is 5.72. The van der Waals surface area contributed by atoms with E-state index in [2.05, 4.69) is 10.2 Å². The van der Waals surface area contributed by atoms with Crippen molar-refractivity contribution in [2.45, 2.75) is 32.1 Å². The summed E-state index contributed by atoms with van der Waals surface area (Å²) in [5, 5.41) is 2.94. The molecule has 2 aliphatic rings. The fourth-order valence-corrected chi connectivity index (χ4v) is 3.18. The molecule has 0 bridgehead atoms. The molecule has 0 spiro atoms. The maximum atomic E-state index is 11.7. The maximum absolute atomic E-state index is 11.7. The van der Waals surface area contributed by atoms with Crippen LogP contribution in [0.5, 0.6) is 0 Å². The van der Waals surface area contributed by atoms with Crippen LogP contribution in [0.2, 0.25) is 0 Å². The fraction of sp³-hybridized carbons (Fsp3) is 0.929. The van der Waals surface area contributed by atoms with Crippen LogP contribution in [-0.4, -0.2) is 62.0 Å². The molecule has 19 heavy (non-hydrogen) atoms. The zero-order valence-electron chi connectivity index (χ0n) is 12.1. The van der Waals surface area contributed by atoms with Gasteiger partial charge in [0.05, 0.1) is 6.54 Å². The van der Waals surface area contributed by atoms with E-state index in [1.165, 1.54) is 38.6 Å². The minimum atomic E-state index is 0. The molecule has 1 saturated carbocycles. The molecule has 5 heteroatoms. The van der Waals surface area contributed by atoms with Gasteiger partial charge in [-0.3, -0.25) is 9.69 Å². The smallest absolute Gasteiger partial charge is 0.236 e. The summed E-state index contributed by atoms with van der Waals surface area (Å²) in [5.41, 5.74) is 0. The summed E-state index contributed by atoms with van der Waals surface area (Å²) in [7, 11) is 1.83. The lowest BCUT2D eigenvalue weighted by atomic mass is 9.89. The fourth-order valence-electron chi connectivity index (χ4n) is 3.18. The van der Waals surface area contributed by atoms with E-state index < -0.39 is 0 Å². The predicted octanol–water partition coefficient (Wildman–Crippen LogP) is 1.35. The van der Waals surface area contributed by atoms with Gasteiger partial charge >= 0.3 is 0 Å². The molecule has 4 nitrogen and oxygen atoms in total. The Morgan fingerprint density at radius 2 is 1.74 bits per heavy atom. The Labute approximate surface area is 123 Å². The van der Waals surface area contributed by atoms with Gasteiger partial charge < -0.3 is 10.2 Å². The van der Waals surface area contributed by atoms with Crippen molar-refractivity contribution in [2.24, 2.45) is 5.92 Å². The molecule has 1 amide bonds. The highest BCUT2D eigenvalue weighted by molar-refractivity contribution is 5.85. The van der Waals surface area contributed by atoms with Crippen LogP contribution >= 0.6 is 12.4 Å². The van der Waals surface area contributed by atoms with Crippen molar-refractivity contribution in [2.75, 3.05) is 46.3 Å². The summed E-state index contributed by atoms with van der Waals surface area (Å²) in [6.07, 6.45) is 7.11. The van der Waals surface area contributed by atoms with Crippen molar-refractivity contribution in [1.82, 2.24) is 15.1 Å². The third kappa shape index (κ3) is 5.28. The van der Waals surface area contributed by atoms with E-state index in [1.807, 2.05) is 11.9 Å². The van der Waals surface area contributed by atoms with Gasteiger partial charge in [0, 0.05) is 32.7 Å². The van der Waals surface area contributed by atoms with Crippen molar-refractivity contribution in [3.63, 3.8) is 0 Å². The largest absolute Gasteiger partial charge is 0.339 e. The van der Waals surface area contributed by atoms with E-state index in [9.17, 15) is 4.79 Å². The van der Waals surface area contributed by atoms with Gasteiger partial charge in [0.15, 0.2) is 0 Å². The van der Waals surface area contributed by atoms with Gasteiger partial charge in [-0.15, -0.1) is 12.4 Å². The van der Waals surface area contributed by atoms with Gasteiger partial charge in [-0.05, 0) is 25.8 Å². The van der Waals surface area contributed by atoms with Crippen LogP contribution in [0, 0.1) is 5.92 Å². The summed E-state index contributed by atoms with van der Waals surface area (Å²) >= 11 is 0. The molecule has 0 aromatic heterocycles. The lowest BCUT2D eigenvalue weighted by Gasteiger charge is -2.37. The Morgan fingerprint density at radius 3 is 2.32 bits per heavy atom. The van der Waals surface area contributed by atoms with Crippen molar-refractivity contribution in [1.29, 1.82) is 0 Å². The SMILES string of the molecule is CNCC(=O)N1CCN(CC2CCCCC2)CC1.Cl. The number of nitrogens with one attached hydrogen (secondary N) is 1. The van der Waals surface area contributed by atoms with Crippen LogP contribution in [0.1, 0.15) is 32.1 Å². The topological polar surface area (TPSA) is 35.6 Å². The van der Waals surface area contributed by atoms with Crippen molar-refractivity contribution >= 4 is 18.3 Å². The minimum absolute atomic E-state index is 0. The third-order valence-electron chi connectivity index (χ3n) is 4.29. The molecule has 1 aliphatic carbocycles. The summed E-state index contributed by atoms with van der Waals surface area (Å²) in [4.78, 5) is 16.3. The first-order valence-corrected chi connectivity index (χ1v) is 7.44. The number of likely N-dealkylation sites (N-methyl/N-ethyl adjacent to an activating group) is 1. The van der Waals surface area contributed by atoms with Gasteiger partial charge in [-0.2, -0.15) is 0 Å². The Morgan fingerprint density at radius 1 is 1.11 bits per heavy atom. The summed E-state index contributed by atoms with van der Waals surface area (Å²) < 4.78 is 0. The average Bonchev–Trinajstić information content (AvgIpc) is 2.41. The number of hydrogen-bond donors (Lipinski definition) is 1. The van der Waals surface area contributed by atoms with E-state index in [0.717, 1.165) is 32.1 Å². The molecule has 0 radical (unpaired) electrons. The van der Waals surface area contributed by atoms with E-state index in [0.29, 0.717) is 6.54 Å². The number of amides is 1. The zero-order chi connectivity index (χ0) is 12.8. The van der Waals surface area contributed by atoms with Crippen molar-refractivity contribution in [3.8, 4) is 0 Å². The zero-order valence-corrected chi connectivity index (χ0v) is 12.9. The average molecular weight is 290 g/mol. The Bertz CT molecular complexity index is 261. The highest BCUT2D eigenvalue weighted by Gasteiger charge is 2.23. The quantitative estimate of drug-likeness (QED) is 0.849. The van der Waals surface area contributed by atoms with Crippen LogP contribution in [0.4, 0.5) is 0 Å². The molecule has 0 aromatic carbocycles. The lowest BCUT2D eigenvalue weighted by molar-refractivity contribution is -0.131. The molecule has 0 aromatic rings. The van der Waals surface area contributed by atoms with Crippen LogP contribution < -0.4 is 5.32 Å². The number of rotatable bonds is 4. The molecular weight excluding hydrogens is 262 g/mol. The number of carbonyl (C=O) groups is 1. The third-order valence-corrected chi connectivity index (χ3v) is 4.29. The molecule has 2 fully saturated rings. The molecule has 112 valence electrons. The standard InChI is InChI=1S/C14H27N3O.ClH/c1-15-11-14(18)17-9-7-16(8-10-17)12-13-5-3-2-4-6-13;/h13,15H,2-12H2,1H3;1H. The Kier molecular flexibility index (Phi) is 7.73. The molecule has 0 unspecified atom stereocenters. The van der Waals surface area contributed by atoms with E-state index in [-0.39, 0.29) is 18.3 Å². The summed E-state index contributed by atoms with van der Waals surface area (Å²) in [6.45, 7) is 5.68. The molecule has 0 atom stereocenters. The summed E-state index contributed by atoms with van der Waals surface area (Å²) in [6, 6.07) is 0. The van der Waals surface area contributed by atoms with Gasteiger partial charge in [0.2, 0.25) is 5.91 Å². The molecule has 1 heterocycles. The van der Waals surface area contributed by atoms with E-state index >= 15 is 0 Å². The molecular formula is C14H28ClN3O. The van der Waals surface area contributed by atoms with Gasteiger partial charge in [-0.25, -0.2) is 0 Å². The van der Waals surface area contributed by atoms with E-state index in [4.69, 9.17) is 0 Å². The normalized spacial score (nSPS) is 22.1. The number of piperazine rings is 1. The van der Waals surface area contributed by atoms with Crippen molar-refractivity contribution < 1.29 is 4.79 Å². The highest BCUT2D eigenvalue weighted by Crippen LogP contribution is 2.24. The monoisotopic (exact) mass is 289 g/mol. The van der Waals surface area contributed by atoms with Gasteiger partial charge in [0.25, 0.3) is 0 Å². The number of halogens is 1. The Balaban J connectivity index is 0.00000180. The molecule has 1 N–H and O–H groups in total. The number of carbonyl (C=O) groups excluding carboxylic acids is 1. The minimum Gasteiger partial charge on any atom is -0.339 e. The van der Waals surface area contributed by atoms with Crippen molar-refractivity contribution in [3.05, 3.63) is 0 Å². The van der Waals surface area contributed by atoms with Gasteiger partial charge in [0.1, 0.15) is 0 Å². The first-order valence-electron chi connectivity index (χ1n) is 7.44. The Hall–Kier alpha value is -0.320. The predicted molar refractivity (Wildman–Crippen MR) is 80.8 cm³/mol. The number of nitrogens with zero attached hydrogens (tertiary/aromatic N) is 2. The van der Waals surface area contributed by atoms with Crippen LogP contribution in [0.15, 0.2) is 0 Å². The first-order chi connectivity index (χ1) is 8.79. The molecule has 2 rings (SSSR count). The number of hydrogen-bond acceptors (Lipinski definition) is 3. The second kappa shape index (κ2) is 8.77. The second-order valence-corrected chi connectivity index (χ2v) is 5.72. The highest BCUT2D eigenvalue weighted by atomic mass is 35.5. The summed E-state index contributed by atoms with van der Waals surface area (Å²) in [5.74, 6) is 1.16. The van der Waals surface area contributed by atoms with Crippen LogP contribution in [0.3, 0.4) is 0 Å². The first kappa shape index (κ1) is 16.7. The van der Waals surface area contributed by atoms with Crippen LogP contribution in [0.25, 0.3) is 0 Å².